The van der Waals surface area contributed by atoms with Gasteiger partial charge in [-0.1, -0.05) is 55.0 Å². The van der Waals surface area contributed by atoms with Gasteiger partial charge >= 0.3 is 0 Å². The number of nitrogens with zero attached hydrogens (tertiary/aromatic N) is 2. The second-order valence-electron chi connectivity index (χ2n) is 10.9. The minimum Gasteiger partial charge on any atom is -0.351 e. The van der Waals surface area contributed by atoms with Crippen LogP contribution in [0.25, 0.3) is 10.8 Å². The Morgan fingerprint density at radius 1 is 1.00 bits per heavy atom. The van der Waals surface area contributed by atoms with Crippen LogP contribution in [0.2, 0.25) is 0 Å². The molecule has 2 aromatic rings. The van der Waals surface area contributed by atoms with Gasteiger partial charge in [0.25, 0.3) is 0 Å². The van der Waals surface area contributed by atoms with Gasteiger partial charge in [0.15, 0.2) is 9.84 Å². The number of sulfone groups is 1. The molecule has 0 bridgehead atoms. The molecule has 2 aromatic carbocycles. The zero-order valence-electron chi connectivity index (χ0n) is 23.3. The number of carbonyl (C=O) groups excluding carboxylic acids is 3. The Hall–Kier alpha value is -3.24. The summed E-state index contributed by atoms with van der Waals surface area (Å²) in [5.74, 6) is -0.789. The van der Waals surface area contributed by atoms with Gasteiger partial charge in [0.05, 0.1) is 13.1 Å². The molecule has 1 saturated heterocycles. The predicted octanol–water partition coefficient (Wildman–Crippen LogP) is 2.78. The maximum atomic E-state index is 13.3. The van der Waals surface area contributed by atoms with Crippen LogP contribution in [-0.4, -0.2) is 81.0 Å². The van der Waals surface area contributed by atoms with E-state index in [1.165, 1.54) is 22.4 Å². The number of likely N-dealkylation sites (tertiary alicyclic amines) is 1. The van der Waals surface area contributed by atoms with E-state index in [2.05, 4.69) is 64.9 Å². The van der Waals surface area contributed by atoms with Gasteiger partial charge < -0.3 is 15.5 Å². The highest BCUT2D eigenvalue weighted by Gasteiger charge is 2.36. The van der Waals surface area contributed by atoms with E-state index in [1.807, 2.05) is 0 Å². The Bertz CT molecular complexity index is 1340. The van der Waals surface area contributed by atoms with Crippen LogP contribution < -0.4 is 10.6 Å². The summed E-state index contributed by atoms with van der Waals surface area (Å²) < 4.78 is 22.3. The van der Waals surface area contributed by atoms with Crippen LogP contribution in [0.4, 0.5) is 0 Å². The average molecular weight is 569 g/mol. The molecule has 10 heteroatoms. The van der Waals surface area contributed by atoms with Crippen molar-refractivity contribution in [1.82, 2.24) is 20.4 Å². The Morgan fingerprint density at radius 3 is 2.38 bits per heavy atom. The molecule has 1 saturated carbocycles. The van der Waals surface area contributed by atoms with Gasteiger partial charge in [-0.25, -0.2) is 8.42 Å². The fourth-order valence-corrected chi connectivity index (χ4v) is 5.97. The van der Waals surface area contributed by atoms with E-state index < -0.39 is 15.7 Å². The second kappa shape index (κ2) is 13.4. The van der Waals surface area contributed by atoms with Crippen molar-refractivity contribution < 1.29 is 22.8 Å². The molecule has 9 nitrogen and oxygen atoms in total. The summed E-state index contributed by atoms with van der Waals surface area (Å²) in [4.78, 5) is 42.4. The number of rotatable bonds is 11. The summed E-state index contributed by atoms with van der Waals surface area (Å²) in [5.41, 5.74) is 1.29. The van der Waals surface area contributed by atoms with E-state index in [-0.39, 0.29) is 49.5 Å². The van der Waals surface area contributed by atoms with Gasteiger partial charge in [-0.15, -0.1) is 0 Å². The van der Waals surface area contributed by atoms with Crippen LogP contribution in [0, 0.1) is 5.92 Å². The molecule has 1 heterocycles. The molecular formula is C30H40N4O5S. The number of piperidine rings is 1. The number of carbonyl (C=O) groups is 3. The number of benzene rings is 2. The number of hydrogen-bond acceptors (Lipinski definition) is 6. The monoisotopic (exact) mass is 568 g/mol. The second-order valence-corrected chi connectivity index (χ2v) is 12.8. The van der Waals surface area contributed by atoms with Crippen molar-refractivity contribution in [3.05, 3.63) is 59.5 Å². The lowest BCUT2D eigenvalue weighted by atomic mass is 9.83. The third kappa shape index (κ3) is 7.91. The summed E-state index contributed by atoms with van der Waals surface area (Å²) in [6.45, 7) is 3.62. The zero-order valence-corrected chi connectivity index (χ0v) is 24.2. The molecule has 2 N–H and O–H groups in total. The highest BCUT2D eigenvalue weighted by Crippen LogP contribution is 2.33. The number of fused-ring (bicyclic) bond motifs is 1. The van der Waals surface area contributed by atoms with Crippen LogP contribution in [-0.2, 0) is 24.2 Å². The molecule has 2 fully saturated rings. The van der Waals surface area contributed by atoms with Crippen LogP contribution >= 0.6 is 0 Å². The number of amides is 3. The maximum absolute atomic E-state index is 13.3. The maximum Gasteiger partial charge on any atom is 0.240 e. The lowest BCUT2D eigenvalue weighted by Crippen LogP contribution is -2.53. The molecule has 0 aromatic heterocycles. The minimum atomic E-state index is -3.26. The third-order valence-electron chi connectivity index (χ3n) is 8.02. The van der Waals surface area contributed by atoms with E-state index in [9.17, 15) is 22.8 Å². The summed E-state index contributed by atoms with van der Waals surface area (Å²) >= 11 is 0. The molecular weight excluding hydrogens is 528 g/mol. The fraction of sp³-hybridized carbons (Fsp3) is 0.500. The van der Waals surface area contributed by atoms with Crippen molar-refractivity contribution in [2.24, 2.45) is 5.92 Å². The minimum absolute atomic E-state index is 0.0228. The smallest absolute Gasteiger partial charge is 0.240 e. The molecule has 1 unspecified atom stereocenters. The van der Waals surface area contributed by atoms with Gasteiger partial charge in [-0.05, 0) is 48.9 Å². The fourth-order valence-electron chi connectivity index (χ4n) is 5.52. The van der Waals surface area contributed by atoms with Gasteiger partial charge in [-0.2, -0.15) is 0 Å². The van der Waals surface area contributed by atoms with E-state index in [1.54, 1.807) is 4.90 Å². The molecule has 1 atom stereocenters. The normalized spacial score (nSPS) is 17.9. The van der Waals surface area contributed by atoms with Crippen LogP contribution in [0.5, 0.6) is 0 Å². The van der Waals surface area contributed by atoms with Crippen molar-refractivity contribution >= 4 is 38.3 Å². The number of hydrogen-bond donors (Lipinski definition) is 2. The van der Waals surface area contributed by atoms with Crippen LogP contribution in [0.15, 0.2) is 53.9 Å². The van der Waals surface area contributed by atoms with Gasteiger partial charge in [0.1, 0.15) is 0 Å². The Morgan fingerprint density at radius 2 is 1.70 bits per heavy atom. The van der Waals surface area contributed by atoms with Gasteiger partial charge in [-0.3, -0.25) is 19.3 Å². The van der Waals surface area contributed by atoms with Gasteiger partial charge in [0, 0.05) is 49.3 Å². The number of nitrogens with one attached hydrogen (secondary N) is 2. The standard InChI is InChI=1S/C30H40N4O5S/c1-22(26-13-6-9-23-8-3-4-12-27(23)26)33-17-14-25(15-18-33)34(30(37)24-10-5-11-24)21-29(36)32-20-28(35)31-16-7-19-40(2,38)39/h3-4,6-9,12-13,19,22,24-25H,5,10-11,14-18,20-21H2,1-2H3,(H,31,35)(H,32,36)/b19-7+. The van der Waals surface area contributed by atoms with E-state index in [0.29, 0.717) is 0 Å². The molecule has 4 rings (SSSR count). The first kappa shape index (κ1) is 29.7. The zero-order chi connectivity index (χ0) is 28.7. The molecule has 40 heavy (non-hydrogen) atoms. The van der Waals surface area contributed by atoms with Crippen LogP contribution in [0.3, 0.4) is 0 Å². The molecule has 0 radical (unpaired) electrons. The highest BCUT2D eigenvalue weighted by atomic mass is 32.2. The van der Waals surface area contributed by atoms with Crippen LogP contribution in [0.1, 0.15) is 50.6 Å². The molecule has 3 amide bonds. The largest absolute Gasteiger partial charge is 0.351 e. The first-order valence-electron chi connectivity index (χ1n) is 14.0. The molecule has 0 spiro atoms. The lowest BCUT2D eigenvalue weighted by molar-refractivity contribution is -0.145. The first-order chi connectivity index (χ1) is 19.1. The van der Waals surface area contributed by atoms with E-state index in [4.69, 9.17) is 0 Å². The molecule has 1 aliphatic heterocycles. The quantitative estimate of drug-likeness (QED) is 0.431. The average Bonchev–Trinajstić information content (AvgIpc) is 2.91. The third-order valence-corrected chi connectivity index (χ3v) is 8.71. The Labute approximate surface area is 236 Å². The predicted molar refractivity (Wildman–Crippen MR) is 156 cm³/mol. The Balaban J connectivity index is 1.32. The molecule has 1 aliphatic carbocycles. The van der Waals surface area contributed by atoms with Gasteiger partial charge in [0.2, 0.25) is 17.7 Å². The lowest BCUT2D eigenvalue weighted by Gasteiger charge is -2.42. The summed E-state index contributed by atoms with van der Waals surface area (Å²) in [6, 6.07) is 15.1. The first-order valence-corrected chi connectivity index (χ1v) is 16.0. The Kier molecular flexibility index (Phi) is 9.97. The molecule has 216 valence electrons. The van der Waals surface area contributed by atoms with E-state index in [0.717, 1.165) is 56.9 Å². The SMILES string of the molecule is CC(c1cccc2ccccc12)N1CCC(N(CC(=O)NCC(=O)NC/C=C/S(C)(=O)=O)C(=O)C2CCC2)CC1. The van der Waals surface area contributed by atoms with E-state index >= 15 is 0 Å². The summed E-state index contributed by atoms with van der Waals surface area (Å²) in [5, 5.41) is 8.64. The van der Waals surface area contributed by atoms with Crippen molar-refractivity contribution in [3.63, 3.8) is 0 Å². The topological polar surface area (TPSA) is 116 Å². The van der Waals surface area contributed by atoms with Crippen molar-refractivity contribution in [3.8, 4) is 0 Å². The van der Waals surface area contributed by atoms with Crippen molar-refractivity contribution in [2.75, 3.05) is 39.0 Å². The van der Waals surface area contributed by atoms with Crippen molar-refractivity contribution in [2.45, 2.75) is 51.1 Å². The summed E-state index contributed by atoms with van der Waals surface area (Å²) in [7, 11) is -3.26. The van der Waals surface area contributed by atoms with Crippen molar-refractivity contribution in [1.29, 1.82) is 0 Å². The highest BCUT2D eigenvalue weighted by molar-refractivity contribution is 7.93. The molecule has 2 aliphatic rings. The summed E-state index contributed by atoms with van der Waals surface area (Å²) in [6.07, 6.45) is 6.72.